The molecule has 2 aromatic carbocycles. The molecule has 2 aliphatic heterocycles. The first kappa shape index (κ1) is 39.9. The molecule has 2 aliphatic rings. The monoisotopic (exact) mass is 794 g/mol. The van der Waals surface area contributed by atoms with E-state index in [0.717, 1.165) is 70.8 Å². The smallest absolute Gasteiger partial charge is 0.292 e. The number of nitrogens with zero attached hydrogens (tertiary/aromatic N) is 4. The summed E-state index contributed by atoms with van der Waals surface area (Å²) in [5, 5.41) is 7.67. The molecule has 1 saturated heterocycles. The van der Waals surface area contributed by atoms with Gasteiger partial charge in [-0.3, -0.25) is 14.2 Å². The van der Waals surface area contributed by atoms with Crippen molar-refractivity contribution in [3.05, 3.63) is 88.1 Å². The van der Waals surface area contributed by atoms with Crippen molar-refractivity contribution in [2.24, 2.45) is 5.92 Å². The van der Waals surface area contributed by atoms with Crippen LogP contribution in [0, 0.1) is 11.7 Å². The van der Waals surface area contributed by atoms with E-state index in [1.165, 1.54) is 12.0 Å². The number of H-pyrrole nitrogens is 2. The van der Waals surface area contributed by atoms with Crippen LogP contribution in [0.4, 0.5) is 4.39 Å². The highest BCUT2D eigenvalue weighted by atomic mass is 32.1. The number of benzene rings is 2. The lowest BCUT2D eigenvalue weighted by atomic mass is 10.0. The minimum Gasteiger partial charge on any atom is -0.471 e. The minimum absolute atomic E-state index is 0.0413. The number of ether oxygens (including phenoxy) is 2. The lowest BCUT2D eigenvalue weighted by Crippen LogP contribution is -2.48. The molecule has 3 atom stereocenters. The maximum atomic E-state index is 16.5. The van der Waals surface area contributed by atoms with Crippen LogP contribution in [0.3, 0.4) is 0 Å². The van der Waals surface area contributed by atoms with Gasteiger partial charge in [0.2, 0.25) is 12.1 Å². The highest BCUT2D eigenvalue weighted by Gasteiger charge is 2.33. The average Bonchev–Trinajstić information content (AvgIpc) is 4.07. The number of aromatic amines is 2. The van der Waals surface area contributed by atoms with E-state index in [9.17, 15) is 4.79 Å². The van der Waals surface area contributed by atoms with Gasteiger partial charge in [0.05, 0.1) is 71.2 Å². The summed E-state index contributed by atoms with van der Waals surface area (Å²) in [6.07, 6.45) is 7.11. The van der Waals surface area contributed by atoms with Gasteiger partial charge < -0.3 is 35.0 Å². The van der Waals surface area contributed by atoms with Gasteiger partial charge in [0.15, 0.2) is 0 Å². The molecule has 2 unspecified atom stereocenters. The van der Waals surface area contributed by atoms with Gasteiger partial charge in [-0.2, -0.15) is 0 Å². The highest BCUT2D eigenvalue weighted by Crippen LogP contribution is 2.48. The Bertz CT molecular complexity index is 2340. The number of carbonyl (C=O) groups excluding carboxylic acids is 2. The number of amides is 1. The van der Waals surface area contributed by atoms with E-state index in [1.807, 2.05) is 38.1 Å². The lowest BCUT2D eigenvalue weighted by Gasteiger charge is -2.30. The van der Waals surface area contributed by atoms with Crippen LogP contribution in [-0.4, -0.2) is 75.1 Å². The van der Waals surface area contributed by atoms with Crippen molar-refractivity contribution >= 4 is 34.6 Å². The summed E-state index contributed by atoms with van der Waals surface area (Å²) in [5.74, 6) is 1.89. The Labute approximate surface area is 336 Å². The first-order chi connectivity index (χ1) is 27.7. The first-order valence-electron chi connectivity index (χ1n) is 19.7. The zero-order chi connectivity index (χ0) is 40.2. The lowest BCUT2D eigenvalue weighted by molar-refractivity contribution is -0.135. The normalized spacial score (nSPS) is 16.4. The fourth-order valence-electron chi connectivity index (χ4n) is 7.83. The molecule has 0 aliphatic carbocycles. The van der Waals surface area contributed by atoms with Gasteiger partial charge >= 0.3 is 0 Å². The maximum Gasteiger partial charge on any atom is 0.292 e. The number of aryl methyl sites for hydroxylation is 1. The molecule has 300 valence electrons. The molecular weight excluding hydrogens is 744 g/mol. The summed E-state index contributed by atoms with van der Waals surface area (Å²) >= 11 is 1.72. The molecule has 1 fully saturated rings. The Morgan fingerprint density at radius 3 is 2.58 bits per heavy atom. The Morgan fingerprint density at radius 1 is 1.11 bits per heavy atom. The third-order valence-electron chi connectivity index (χ3n) is 10.6. The zero-order valence-corrected chi connectivity index (χ0v) is 34.1. The Balaban J connectivity index is 0.00000119. The third-order valence-corrected chi connectivity index (χ3v) is 11.9. The third kappa shape index (κ3) is 8.12. The van der Waals surface area contributed by atoms with Crippen molar-refractivity contribution in [2.45, 2.75) is 78.2 Å². The van der Waals surface area contributed by atoms with Crippen LogP contribution in [0.2, 0.25) is 0 Å². The van der Waals surface area contributed by atoms with E-state index in [0.29, 0.717) is 48.0 Å². The number of fused-ring (bicyclic) bond motifs is 5. The van der Waals surface area contributed by atoms with E-state index in [4.69, 9.17) is 9.53 Å². The molecule has 0 spiro atoms. The summed E-state index contributed by atoms with van der Waals surface area (Å²) in [6, 6.07) is 16.1. The van der Waals surface area contributed by atoms with E-state index in [-0.39, 0.29) is 29.7 Å². The van der Waals surface area contributed by atoms with Crippen molar-refractivity contribution in [1.82, 2.24) is 40.0 Å². The van der Waals surface area contributed by atoms with Crippen molar-refractivity contribution in [3.63, 3.8) is 0 Å². The van der Waals surface area contributed by atoms with Crippen LogP contribution in [0.15, 0.2) is 60.9 Å². The van der Waals surface area contributed by atoms with Crippen molar-refractivity contribution in [1.29, 1.82) is 0 Å². The molecule has 57 heavy (non-hydrogen) atoms. The number of carbonyl (C=O) groups is 2. The van der Waals surface area contributed by atoms with Gasteiger partial charge in [-0.15, -0.1) is 11.3 Å². The molecular formula is C43H51FN8O4S. The summed E-state index contributed by atoms with van der Waals surface area (Å²) in [7, 11) is 3.13. The van der Waals surface area contributed by atoms with Crippen LogP contribution in [0.25, 0.3) is 44.7 Å². The second-order valence-corrected chi connectivity index (χ2v) is 16.0. The number of hydrogen-bond acceptors (Lipinski definition) is 9. The van der Waals surface area contributed by atoms with Crippen molar-refractivity contribution < 1.29 is 23.5 Å². The predicted octanol–water partition coefficient (Wildman–Crippen LogP) is 7.99. The van der Waals surface area contributed by atoms with Gasteiger partial charge in [-0.05, 0) is 87.7 Å². The summed E-state index contributed by atoms with van der Waals surface area (Å²) in [4.78, 5) is 42.7. The van der Waals surface area contributed by atoms with Crippen LogP contribution in [0.5, 0.6) is 5.75 Å². The van der Waals surface area contributed by atoms with Gasteiger partial charge in [-0.1, -0.05) is 33.8 Å². The number of aromatic nitrogens is 5. The van der Waals surface area contributed by atoms with E-state index in [2.05, 4.69) is 90.1 Å². The van der Waals surface area contributed by atoms with Crippen molar-refractivity contribution in [2.75, 3.05) is 27.2 Å². The number of imidazole rings is 2. The van der Waals surface area contributed by atoms with E-state index in [1.54, 1.807) is 23.6 Å². The number of nitrogens with one attached hydrogen (secondary N) is 4. The summed E-state index contributed by atoms with van der Waals surface area (Å²) in [6.45, 7) is 10.6. The molecule has 0 saturated carbocycles. The van der Waals surface area contributed by atoms with Crippen molar-refractivity contribution in [3.8, 4) is 39.5 Å². The number of halogens is 1. The number of methoxy groups -OCH3 is 1. The van der Waals surface area contributed by atoms with Crippen LogP contribution in [0.1, 0.15) is 80.6 Å². The molecule has 12 nitrogen and oxygen atoms in total. The molecule has 4 aromatic heterocycles. The second kappa shape index (κ2) is 17.5. The van der Waals surface area contributed by atoms with E-state index < -0.39 is 6.23 Å². The fourth-order valence-corrected chi connectivity index (χ4v) is 8.80. The number of likely N-dealkylation sites (N-methyl/N-ethyl adjacent to an activating group) is 1. The molecule has 1 amide bonds. The number of hydrogen-bond donors (Lipinski definition) is 4. The fraction of sp³-hybridized carbons (Fsp3) is 0.395. The molecule has 8 rings (SSSR count). The predicted molar refractivity (Wildman–Crippen MR) is 221 cm³/mol. The standard InChI is InChI=1S/C41H47FN8O2S.C2H4O2/c1-6-15-49(40(51)38(43-5)23(3)4)22-36-45-20-31(47-36)25-17-28(42)37-33-18-26-16-24(30-21-46-39(48-30)29-9-8-14-44-29)10-12-32(26)50(33)41(52-34(37)19-25)35-13-11-27(7-2)53-35;1-4-2-3/h10-13,16-21,23,29,38,41,43-44H,6-9,14-15,22H2,1-5H3,(H,45,47)(H,46,48);2H,1H3/t29-,38?,41?;/m0./s1. The van der Waals surface area contributed by atoms with Crippen LogP contribution >= 0.6 is 11.3 Å². The SMILES string of the molecule is CCCN(Cc1ncc(-c2cc(F)c3c(c2)OC(c2ccc(CC)s2)n2c-3cc3cc(-c4cnc([C@@H]5CCCN5)[nH]4)ccc32)[nH]1)C(=O)C(NC)C(C)C.COC=O. The molecule has 4 N–H and O–H groups in total. The highest BCUT2D eigenvalue weighted by molar-refractivity contribution is 7.12. The minimum atomic E-state index is -0.472. The van der Waals surface area contributed by atoms with Gasteiger partial charge in [0.25, 0.3) is 6.47 Å². The Morgan fingerprint density at radius 2 is 1.89 bits per heavy atom. The van der Waals surface area contributed by atoms with Gasteiger partial charge in [-0.25, -0.2) is 14.4 Å². The molecule has 0 bridgehead atoms. The van der Waals surface area contributed by atoms with E-state index >= 15 is 4.39 Å². The van der Waals surface area contributed by atoms with Gasteiger partial charge in [0.1, 0.15) is 23.2 Å². The summed E-state index contributed by atoms with van der Waals surface area (Å²) < 4.78 is 29.3. The molecule has 0 radical (unpaired) electrons. The largest absolute Gasteiger partial charge is 0.471 e. The number of thiophene rings is 1. The maximum absolute atomic E-state index is 16.5. The molecule has 6 heterocycles. The Kier molecular flexibility index (Phi) is 12.2. The summed E-state index contributed by atoms with van der Waals surface area (Å²) in [5.41, 5.74) is 5.43. The second-order valence-electron chi connectivity index (χ2n) is 14.8. The van der Waals surface area contributed by atoms with Crippen LogP contribution in [-0.2, 0) is 27.3 Å². The average molecular weight is 795 g/mol. The quantitative estimate of drug-likeness (QED) is 0.0863. The first-order valence-corrected chi connectivity index (χ1v) is 20.5. The topological polar surface area (TPSA) is 142 Å². The zero-order valence-electron chi connectivity index (χ0n) is 33.3. The van der Waals surface area contributed by atoms with Crippen LogP contribution < -0.4 is 15.4 Å². The number of rotatable bonds is 13. The molecule has 14 heteroatoms. The molecule has 6 aromatic rings. The van der Waals surface area contributed by atoms with Gasteiger partial charge in [0, 0.05) is 27.9 Å². The Hall–Kier alpha value is -5.31.